The average molecular weight is 438 g/mol. The minimum Gasteiger partial charge on any atom is -0.384 e. The van der Waals surface area contributed by atoms with Gasteiger partial charge in [0.1, 0.15) is 17.2 Å². The van der Waals surface area contributed by atoms with Crippen molar-refractivity contribution in [3.8, 4) is 0 Å². The Balaban J connectivity index is 1.15. The van der Waals surface area contributed by atoms with Gasteiger partial charge in [0.05, 0.1) is 12.1 Å². The summed E-state index contributed by atoms with van der Waals surface area (Å²) in [5, 5.41) is 9.40. The number of aromatic nitrogens is 1. The highest BCUT2D eigenvalue weighted by Gasteiger charge is 2.52. The largest absolute Gasteiger partial charge is 0.384 e. The van der Waals surface area contributed by atoms with Crippen LogP contribution in [-0.4, -0.2) is 34.9 Å². The van der Waals surface area contributed by atoms with Crippen molar-refractivity contribution >= 4 is 17.6 Å². The number of amides is 2. The molecular weight excluding hydrogens is 409 g/mol. The number of nitrogens with one attached hydrogen (secondary N) is 3. The van der Waals surface area contributed by atoms with Gasteiger partial charge in [-0.1, -0.05) is 18.2 Å². The third-order valence-electron chi connectivity index (χ3n) is 6.90. The van der Waals surface area contributed by atoms with Gasteiger partial charge in [0, 0.05) is 5.69 Å². The maximum Gasteiger partial charge on any atom is 0.246 e. The third-order valence-corrected chi connectivity index (χ3v) is 6.90. The van der Waals surface area contributed by atoms with Crippen molar-refractivity contribution in [1.82, 2.24) is 20.9 Å². The number of benzene rings is 1. The van der Waals surface area contributed by atoms with Crippen LogP contribution in [0.1, 0.15) is 48.5 Å². The van der Waals surface area contributed by atoms with Crippen LogP contribution in [0.2, 0.25) is 0 Å². The maximum absolute atomic E-state index is 13.1. The number of nitrogens with two attached hydrogens (primary N) is 1. The van der Waals surface area contributed by atoms with Gasteiger partial charge in [-0.2, -0.15) is 0 Å². The quantitative estimate of drug-likeness (QED) is 0.551. The first kappa shape index (κ1) is 20.9. The van der Waals surface area contributed by atoms with Crippen molar-refractivity contribution in [2.45, 2.75) is 56.1 Å². The van der Waals surface area contributed by atoms with Gasteiger partial charge < -0.3 is 21.7 Å². The molecule has 8 heteroatoms. The van der Waals surface area contributed by atoms with Crippen molar-refractivity contribution in [3.63, 3.8) is 0 Å². The van der Waals surface area contributed by atoms with Gasteiger partial charge in [-0.3, -0.25) is 9.59 Å². The highest BCUT2D eigenvalue weighted by Crippen LogP contribution is 2.38. The van der Waals surface area contributed by atoms with E-state index in [9.17, 15) is 14.0 Å². The lowest BCUT2D eigenvalue weighted by Gasteiger charge is -2.22. The fourth-order valence-corrected chi connectivity index (χ4v) is 4.90. The first-order valence-corrected chi connectivity index (χ1v) is 11.3. The Labute approximate surface area is 186 Å². The molecule has 5 rings (SSSR count). The molecular formula is C24H28FN5O2. The molecule has 1 saturated heterocycles. The summed E-state index contributed by atoms with van der Waals surface area (Å²) in [4.78, 5) is 30.3. The van der Waals surface area contributed by atoms with Crippen LogP contribution in [0, 0.1) is 11.7 Å². The Kier molecular flexibility index (Phi) is 5.33. The van der Waals surface area contributed by atoms with Crippen LogP contribution in [0.4, 0.5) is 10.2 Å². The van der Waals surface area contributed by atoms with Gasteiger partial charge in [0.2, 0.25) is 11.8 Å². The van der Waals surface area contributed by atoms with E-state index >= 15 is 0 Å². The van der Waals surface area contributed by atoms with Crippen molar-refractivity contribution in [2.75, 3.05) is 12.3 Å². The van der Waals surface area contributed by atoms with Crippen molar-refractivity contribution in [1.29, 1.82) is 0 Å². The van der Waals surface area contributed by atoms with E-state index in [0.717, 1.165) is 42.6 Å². The maximum atomic E-state index is 13.1. The summed E-state index contributed by atoms with van der Waals surface area (Å²) in [5.41, 5.74) is 7.96. The number of carbonyl (C=O) groups is 2. The second-order valence-electron chi connectivity index (χ2n) is 9.30. The Hall–Kier alpha value is -3.00. The Morgan fingerprint density at radius 3 is 2.72 bits per heavy atom. The minimum atomic E-state index is -0.808. The number of nitrogen functional groups attached to an aromatic ring is 1. The molecule has 2 heterocycles. The normalized spacial score (nSPS) is 25.2. The van der Waals surface area contributed by atoms with Crippen LogP contribution in [-0.2, 0) is 22.4 Å². The summed E-state index contributed by atoms with van der Waals surface area (Å²) >= 11 is 0. The van der Waals surface area contributed by atoms with Crippen LogP contribution in [0.15, 0.2) is 36.4 Å². The van der Waals surface area contributed by atoms with Crippen LogP contribution in [0.5, 0.6) is 0 Å². The summed E-state index contributed by atoms with van der Waals surface area (Å²) in [5.74, 6) is 0.297. The van der Waals surface area contributed by atoms with Crippen molar-refractivity contribution in [2.24, 2.45) is 5.92 Å². The first-order chi connectivity index (χ1) is 15.4. The van der Waals surface area contributed by atoms with E-state index in [-0.39, 0.29) is 29.7 Å². The highest BCUT2D eigenvalue weighted by atomic mass is 19.1. The second kappa shape index (κ2) is 8.16. The number of fused-ring (bicyclic) bond motifs is 1. The molecule has 3 atom stereocenters. The molecule has 1 aliphatic heterocycles. The smallest absolute Gasteiger partial charge is 0.246 e. The third kappa shape index (κ3) is 4.19. The van der Waals surface area contributed by atoms with E-state index in [2.05, 4.69) is 20.9 Å². The summed E-state index contributed by atoms with van der Waals surface area (Å²) in [7, 11) is 0. The molecule has 1 aromatic heterocycles. The zero-order chi connectivity index (χ0) is 22.3. The van der Waals surface area contributed by atoms with Crippen LogP contribution >= 0.6 is 0 Å². The standard InChI is InChI=1S/C24H28FN5O2/c25-16-3-1-14(2-4-16)11-15-12-20(27-13-15)22(31)30-24(9-10-24)23(32)29-19-7-6-18-17(19)5-8-21(26)28-18/h1-5,8,15,19-20,27H,6-7,9-13H2,(H2,26,28)(H,29,32)(H,30,31)/t15-,19+,20+/m0/s1. The lowest BCUT2D eigenvalue weighted by atomic mass is 9.96. The summed E-state index contributed by atoms with van der Waals surface area (Å²) in [6, 6.07) is 9.78. The van der Waals surface area contributed by atoms with Gasteiger partial charge in [0.15, 0.2) is 0 Å². The Morgan fingerprint density at radius 1 is 1.19 bits per heavy atom. The number of halogens is 1. The van der Waals surface area contributed by atoms with E-state index < -0.39 is 5.54 Å². The predicted octanol–water partition coefficient (Wildman–Crippen LogP) is 1.78. The molecule has 0 bridgehead atoms. The lowest BCUT2D eigenvalue weighted by molar-refractivity contribution is -0.131. The van der Waals surface area contributed by atoms with E-state index in [1.165, 1.54) is 12.1 Å². The molecule has 1 saturated carbocycles. The average Bonchev–Trinajstić information content (AvgIpc) is 3.23. The zero-order valence-corrected chi connectivity index (χ0v) is 17.9. The summed E-state index contributed by atoms with van der Waals surface area (Å²) in [6.45, 7) is 0.726. The predicted molar refractivity (Wildman–Crippen MR) is 118 cm³/mol. The minimum absolute atomic E-state index is 0.0929. The van der Waals surface area contributed by atoms with Crippen LogP contribution < -0.4 is 21.7 Å². The molecule has 7 nitrogen and oxygen atoms in total. The molecule has 1 aromatic carbocycles. The zero-order valence-electron chi connectivity index (χ0n) is 17.9. The number of rotatable bonds is 6. The molecule has 0 spiro atoms. The van der Waals surface area contributed by atoms with Gasteiger partial charge >= 0.3 is 0 Å². The van der Waals surface area contributed by atoms with Gasteiger partial charge in [0.25, 0.3) is 0 Å². The number of aryl methyl sites for hydroxylation is 1. The monoisotopic (exact) mass is 437 g/mol. The SMILES string of the molecule is Nc1ccc2c(n1)CC[C@H]2NC(=O)C1(NC(=O)[C@H]2C[C@H](Cc3ccc(F)cc3)CN2)CC1. The topological polar surface area (TPSA) is 109 Å². The first-order valence-electron chi connectivity index (χ1n) is 11.3. The van der Waals surface area contributed by atoms with Crippen molar-refractivity contribution in [3.05, 3.63) is 59.0 Å². The van der Waals surface area contributed by atoms with E-state index in [0.29, 0.717) is 31.0 Å². The molecule has 0 radical (unpaired) electrons. The number of hydrogen-bond acceptors (Lipinski definition) is 5. The van der Waals surface area contributed by atoms with E-state index in [4.69, 9.17) is 5.73 Å². The van der Waals surface area contributed by atoms with Gasteiger partial charge in [-0.15, -0.1) is 0 Å². The summed E-state index contributed by atoms with van der Waals surface area (Å²) < 4.78 is 13.1. The molecule has 2 aliphatic carbocycles. The fourth-order valence-electron chi connectivity index (χ4n) is 4.90. The molecule has 168 valence electrons. The van der Waals surface area contributed by atoms with E-state index in [1.54, 1.807) is 18.2 Å². The number of hydrogen-bond donors (Lipinski definition) is 4. The van der Waals surface area contributed by atoms with Crippen LogP contribution in [0.25, 0.3) is 0 Å². The number of anilines is 1. The number of pyridine rings is 1. The molecule has 3 aliphatic rings. The fraction of sp³-hybridized carbons (Fsp3) is 0.458. The molecule has 2 aromatic rings. The lowest BCUT2D eigenvalue weighted by Crippen LogP contribution is -2.53. The Bertz CT molecular complexity index is 1040. The number of carbonyl (C=O) groups excluding carboxylic acids is 2. The highest BCUT2D eigenvalue weighted by molar-refractivity contribution is 5.95. The van der Waals surface area contributed by atoms with Crippen molar-refractivity contribution < 1.29 is 14.0 Å². The Morgan fingerprint density at radius 2 is 1.97 bits per heavy atom. The van der Waals surface area contributed by atoms with Crippen LogP contribution in [0.3, 0.4) is 0 Å². The number of nitrogens with zero attached hydrogens (tertiary/aromatic N) is 1. The molecule has 5 N–H and O–H groups in total. The van der Waals surface area contributed by atoms with E-state index in [1.807, 2.05) is 6.07 Å². The van der Waals surface area contributed by atoms with Gasteiger partial charge in [-0.25, -0.2) is 9.37 Å². The molecule has 0 unspecified atom stereocenters. The summed E-state index contributed by atoms with van der Waals surface area (Å²) in [6.07, 6.45) is 4.36. The van der Waals surface area contributed by atoms with Gasteiger partial charge in [-0.05, 0) is 80.3 Å². The molecule has 2 amide bonds. The second-order valence-corrected chi connectivity index (χ2v) is 9.30. The molecule has 2 fully saturated rings. The molecule has 32 heavy (non-hydrogen) atoms.